The fourth-order valence-corrected chi connectivity index (χ4v) is 1.46. The van der Waals surface area contributed by atoms with Crippen LogP contribution in [0.5, 0.6) is 0 Å². The molecule has 0 aromatic carbocycles. The second-order valence-corrected chi connectivity index (χ2v) is 3.97. The highest BCUT2D eigenvalue weighted by Gasteiger charge is 2.24. The van der Waals surface area contributed by atoms with Crippen molar-refractivity contribution in [3.63, 3.8) is 0 Å². The van der Waals surface area contributed by atoms with E-state index in [2.05, 4.69) is 15.6 Å². The maximum atomic E-state index is 12.0. The minimum absolute atomic E-state index is 0.0218. The summed E-state index contributed by atoms with van der Waals surface area (Å²) < 4.78 is 0. The van der Waals surface area contributed by atoms with Crippen LogP contribution in [0.15, 0.2) is 12.3 Å². The van der Waals surface area contributed by atoms with Crippen LogP contribution in [-0.4, -0.2) is 34.3 Å². The average Bonchev–Trinajstić information content (AvgIpc) is 2.38. The van der Waals surface area contributed by atoms with Crippen molar-refractivity contribution in [3.8, 4) is 0 Å². The molecule has 0 saturated heterocycles. The number of nitrogens with one attached hydrogen (secondary N) is 2. The van der Waals surface area contributed by atoms with E-state index in [-0.39, 0.29) is 17.3 Å². The van der Waals surface area contributed by atoms with Crippen molar-refractivity contribution < 1.29 is 14.5 Å². The van der Waals surface area contributed by atoms with E-state index >= 15 is 0 Å². The molecule has 0 bridgehead atoms. The van der Waals surface area contributed by atoms with Crippen molar-refractivity contribution in [2.75, 3.05) is 12.3 Å². The summed E-state index contributed by atoms with van der Waals surface area (Å²) in [7, 11) is 0. The van der Waals surface area contributed by atoms with Gasteiger partial charge in [-0.05, 0) is 19.9 Å². The summed E-state index contributed by atoms with van der Waals surface area (Å²) in [6.07, 6.45) is 0.904. The predicted molar refractivity (Wildman–Crippen MR) is 70.9 cm³/mol. The number of pyridine rings is 1. The standard InChI is InChI=1S/C11H15N5O4/c1-3-13-10(17)6(2)15-11(18)7-4-9(12)14-5-8(7)16(19)20/h4-6H,3H2,1-2H3,(H2,12,14)(H,13,17)(H,15,18). The second-order valence-electron chi connectivity index (χ2n) is 3.97. The Hall–Kier alpha value is -2.71. The number of rotatable bonds is 5. The predicted octanol–water partition coefficient (Wildman–Crippen LogP) is -0.174. The van der Waals surface area contributed by atoms with E-state index < -0.39 is 22.6 Å². The first-order valence-corrected chi connectivity index (χ1v) is 5.85. The third-order valence-corrected chi connectivity index (χ3v) is 2.44. The molecule has 0 aliphatic rings. The second kappa shape index (κ2) is 6.45. The number of nitrogen functional groups attached to an aromatic ring is 1. The van der Waals surface area contributed by atoms with E-state index in [1.165, 1.54) is 6.92 Å². The van der Waals surface area contributed by atoms with Crippen molar-refractivity contribution in [3.05, 3.63) is 27.9 Å². The van der Waals surface area contributed by atoms with Gasteiger partial charge >= 0.3 is 0 Å². The van der Waals surface area contributed by atoms with E-state index in [4.69, 9.17) is 5.73 Å². The molecule has 9 heteroatoms. The summed E-state index contributed by atoms with van der Waals surface area (Å²) in [4.78, 5) is 37.1. The molecule has 0 aliphatic carbocycles. The molecule has 9 nitrogen and oxygen atoms in total. The molecule has 0 aliphatic heterocycles. The first-order chi connectivity index (χ1) is 9.36. The summed E-state index contributed by atoms with van der Waals surface area (Å²) in [6, 6.07) is 0.272. The van der Waals surface area contributed by atoms with Crippen LogP contribution >= 0.6 is 0 Å². The van der Waals surface area contributed by atoms with Gasteiger partial charge in [0, 0.05) is 6.54 Å². The molecular formula is C11H15N5O4. The fourth-order valence-electron chi connectivity index (χ4n) is 1.46. The van der Waals surface area contributed by atoms with Gasteiger partial charge < -0.3 is 16.4 Å². The number of nitro groups is 1. The highest BCUT2D eigenvalue weighted by atomic mass is 16.6. The lowest BCUT2D eigenvalue weighted by molar-refractivity contribution is -0.385. The van der Waals surface area contributed by atoms with Gasteiger partial charge in [-0.3, -0.25) is 19.7 Å². The summed E-state index contributed by atoms with van der Waals surface area (Å²) in [5.41, 5.74) is 4.70. The number of anilines is 1. The van der Waals surface area contributed by atoms with Gasteiger partial charge in [0.15, 0.2) is 0 Å². The Labute approximate surface area is 114 Å². The zero-order valence-corrected chi connectivity index (χ0v) is 11.0. The Balaban J connectivity index is 2.95. The monoisotopic (exact) mass is 281 g/mol. The molecule has 1 rings (SSSR count). The van der Waals surface area contributed by atoms with Gasteiger partial charge in [0.25, 0.3) is 11.6 Å². The largest absolute Gasteiger partial charge is 0.384 e. The van der Waals surface area contributed by atoms with Gasteiger partial charge in [-0.2, -0.15) is 0 Å². The Morgan fingerprint density at radius 3 is 2.75 bits per heavy atom. The Morgan fingerprint density at radius 2 is 2.20 bits per heavy atom. The maximum Gasteiger partial charge on any atom is 0.300 e. The molecule has 0 radical (unpaired) electrons. The molecule has 1 atom stereocenters. The number of nitrogens with two attached hydrogens (primary N) is 1. The van der Waals surface area contributed by atoms with Crippen LogP contribution < -0.4 is 16.4 Å². The van der Waals surface area contributed by atoms with Crippen molar-refractivity contribution in [1.82, 2.24) is 15.6 Å². The quantitative estimate of drug-likeness (QED) is 0.505. The summed E-state index contributed by atoms with van der Waals surface area (Å²) in [5, 5.41) is 15.7. The van der Waals surface area contributed by atoms with Gasteiger partial charge in [0.05, 0.1) is 4.92 Å². The highest BCUT2D eigenvalue weighted by Crippen LogP contribution is 2.18. The minimum Gasteiger partial charge on any atom is -0.384 e. The van der Waals surface area contributed by atoms with Crippen molar-refractivity contribution in [2.45, 2.75) is 19.9 Å². The fraction of sp³-hybridized carbons (Fsp3) is 0.364. The Bertz CT molecular complexity index is 546. The topological polar surface area (TPSA) is 140 Å². The molecule has 0 saturated carbocycles. The number of hydrogen-bond donors (Lipinski definition) is 3. The molecule has 1 aromatic rings. The zero-order chi connectivity index (χ0) is 15.3. The smallest absolute Gasteiger partial charge is 0.300 e. The molecule has 1 heterocycles. The lowest BCUT2D eigenvalue weighted by atomic mass is 10.2. The Morgan fingerprint density at radius 1 is 1.55 bits per heavy atom. The molecule has 108 valence electrons. The van der Waals surface area contributed by atoms with E-state index in [1.807, 2.05) is 0 Å². The van der Waals surface area contributed by atoms with Gasteiger partial charge in [-0.1, -0.05) is 0 Å². The lowest BCUT2D eigenvalue weighted by Gasteiger charge is -2.13. The number of carbonyl (C=O) groups is 2. The zero-order valence-electron chi connectivity index (χ0n) is 11.0. The number of hydrogen-bond acceptors (Lipinski definition) is 6. The van der Waals surface area contributed by atoms with E-state index in [9.17, 15) is 19.7 Å². The van der Waals surface area contributed by atoms with Gasteiger partial charge in [0.1, 0.15) is 23.6 Å². The SMILES string of the molecule is CCNC(=O)C(C)NC(=O)c1cc(N)ncc1[N+](=O)[O-]. The molecule has 0 fully saturated rings. The summed E-state index contributed by atoms with van der Waals surface area (Å²) in [6.45, 7) is 3.63. The first-order valence-electron chi connectivity index (χ1n) is 5.85. The van der Waals surface area contributed by atoms with E-state index in [1.54, 1.807) is 6.92 Å². The van der Waals surface area contributed by atoms with Crippen LogP contribution in [0, 0.1) is 10.1 Å². The third-order valence-electron chi connectivity index (χ3n) is 2.44. The van der Waals surface area contributed by atoms with Gasteiger partial charge in [-0.15, -0.1) is 0 Å². The maximum absolute atomic E-state index is 12.0. The van der Waals surface area contributed by atoms with E-state index in [0.29, 0.717) is 6.54 Å². The molecule has 1 unspecified atom stereocenters. The number of likely N-dealkylation sites (N-methyl/N-ethyl adjacent to an activating group) is 1. The van der Waals surface area contributed by atoms with Crippen molar-refractivity contribution in [2.24, 2.45) is 0 Å². The molecule has 4 N–H and O–H groups in total. The average molecular weight is 281 g/mol. The number of aromatic nitrogens is 1. The number of nitrogens with zero attached hydrogens (tertiary/aromatic N) is 2. The van der Waals surface area contributed by atoms with Crippen molar-refractivity contribution in [1.29, 1.82) is 0 Å². The molecule has 0 spiro atoms. The van der Waals surface area contributed by atoms with Crippen LogP contribution in [0.3, 0.4) is 0 Å². The van der Waals surface area contributed by atoms with Gasteiger partial charge in [0.2, 0.25) is 5.91 Å². The highest BCUT2D eigenvalue weighted by molar-refractivity contribution is 6.00. The van der Waals surface area contributed by atoms with Crippen LogP contribution in [0.1, 0.15) is 24.2 Å². The summed E-state index contributed by atoms with van der Waals surface area (Å²) >= 11 is 0. The number of amides is 2. The summed E-state index contributed by atoms with van der Waals surface area (Å²) in [5.74, 6) is -1.17. The normalized spacial score (nSPS) is 11.5. The molecule has 20 heavy (non-hydrogen) atoms. The van der Waals surface area contributed by atoms with Crippen molar-refractivity contribution >= 4 is 23.3 Å². The molecule has 1 aromatic heterocycles. The molecular weight excluding hydrogens is 266 g/mol. The Kier molecular flexibility index (Phi) is 4.95. The van der Waals surface area contributed by atoms with Crippen LogP contribution in [-0.2, 0) is 4.79 Å². The van der Waals surface area contributed by atoms with Crippen LogP contribution in [0.2, 0.25) is 0 Å². The van der Waals surface area contributed by atoms with Gasteiger partial charge in [-0.25, -0.2) is 4.98 Å². The number of carbonyl (C=O) groups excluding carboxylic acids is 2. The third kappa shape index (κ3) is 3.64. The minimum atomic E-state index is -0.823. The van der Waals surface area contributed by atoms with Crippen LogP contribution in [0.25, 0.3) is 0 Å². The van der Waals surface area contributed by atoms with Crippen LogP contribution in [0.4, 0.5) is 11.5 Å². The lowest BCUT2D eigenvalue weighted by Crippen LogP contribution is -2.44. The van der Waals surface area contributed by atoms with E-state index in [0.717, 1.165) is 12.3 Å². The molecule has 2 amide bonds. The first kappa shape index (κ1) is 15.3.